The van der Waals surface area contributed by atoms with Crippen LogP contribution in [0.5, 0.6) is 0 Å². The van der Waals surface area contributed by atoms with Crippen molar-refractivity contribution in [3.8, 4) is 10.8 Å². The second kappa shape index (κ2) is 10.3. The first-order valence-electron chi connectivity index (χ1n) is 8.30. The SMILES string of the molecule is CCNC(=NCc1cccc(C)c1)NCc1coc(-c2cccs2)n1.I. The van der Waals surface area contributed by atoms with Crippen LogP contribution in [0, 0.1) is 6.92 Å². The van der Waals surface area contributed by atoms with Crippen LogP contribution in [0.15, 0.2) is 57.5 Å². The van der Waals surface area contributed by atoms with Crippen molar-refractivity contribution in [3.63, 3.8) is 0 Å². The Kier molecular flexibility index (Phi) is 8.11. The third kappa shape index (κ3) is 5.84. The predicted octanol–water partition coefficient (Wildman–Crippen LogP) is 4.58. The highest BCUT2D eigenvalue weighted by Gasteiger charge is 2.08. The molecule has 0 bridgehead atoms. The van der Waals surface area contributed by atoms with E-state index < -0.39 is 0 Å². The van der Waals surface area contributed by atoms with Gasteiger partial charge in [0.05, 0.1) is 23.7 Å². The maximum atomic E-state index is 5.54. The number of oxazole rings is 1. The van der Waals surface area contributed by atoms with E-state index in [0.717, 1.165) is 23.1 Å². The average Bonchev–Trinajstić information content (AvgIpc) is 3.28. The summed E-state index contributed by atoms with van der Waals surface area (Å²) < 4.78 is 5.54. The van der Waals surface area contributed by atoms with E-state index in [-0.39, 0.29) is 24.0 Å². The number of aryl methyl sites for hydroxylation is 1. The second-order valence-corrected chi connectivity index (χ2v) is 6.61. The first-order valence-corrected chi connectivity index (χ1v) is 9.18. The van der Waals surface area contributed by atoms with Gasteiger partial charge in [0.2, 0.25) is 5.89 Å². The zero-order valence-electron chi connectivity index (χ0n) is 14.9. The first-order chi connectivity index (χ1) is 12.2. The quantitative estimate of drug-likeness (QED) is 0.307. The Hall–Kier alpha value is -1.87. The fourth-order valence-corrected chi connectivity index (χ4v) is 3.05. The van der Waals surface area contributed by atoms with Crippen LogP contribution < -0.4 is 10.6 Å². The number of hydrogen-bond donors (Lipinski definition) is 2. The minimum Gasteiger partial charge on any atom is -0.443 e. The molecule has 26 heavy (non-hydrogen) atoms. The van der Waals surface area contributed by atoms with E-state index in [0.29, 0.717) is 19.0 Å². The number of nitrogens with zero attached hydrogens (tertiary/aromatic N) is 2. The summed E-state index contributed by atoms with van der Waals surface area (Å²) in [6.45, 7) is 6.14. The Bertz CT molecular complexity index is 830. The normalized spacial score (nSPS) is 11.1. The maximum Gasteiger partial charge on any atom is 0.236 e. The number of aliphatic imine (C=N–C) groups is 1. The molecule has 0 fully saturated rings. The Morgan fingerprint density at radius 2 is 2.12 bits per heavy atom. The van der Waals surface area contributed by atoms with E-state index in [2.05, 4.69) is 58.7 Å². The minimum absolute atomic E-state index is 0. The van der Waals surface area contributed by atoms with Crippen LogP contribution in [0.3, 0.4) is 0 Å². The lowest BCUT2D eigenvalue weighted by atomic mass is 10.1. The van der Waals surface area contributed by atoms with Gasteiger partial charge in [0.25, 0.3) is 0 Å². The van der Waals surface area contributed by atoms with Gasteiger partial charge in [0.15, 0.2) is 5.96 Å². The zero-order chi connectivity index (χ0) is 17.5. The van der Waals surface area contributed by atoms with Crippen LogP contribution in [-0.2, 0) is 13.1 Å². The van der Waals surface area contributed by atoms with E-state index in [1.54, 1.807) is 17.6 Å². The number of hydrogen-bond acceptors (Lipinski definition) is 4. The molecule has 0 saturated carbocycles. The first kappa shape index (κ1) is 20.4. The molecule has 2 heterocycles. The average molecular weight is 482 g/mol. The van der Waals surface area contributed by atoms with Gasteiger partial charge in [-0.1, -0.05) is 35.9 Å². The van der Waals surface area contributed by atoms with Gasteiger partial charge in [-0.2, -0.15) is 0 Å². The third-order valence-corrected chi connectivity index (χ3v) is 4.42. The molecule has 0 saturated heterocycles. The van der Waals surface area contributed by atoms with E-state index in [9.17, 15) is 0 Å². The van der Waals surface area contributed by atoms with Gasteiger partial charge in [0, 0.05) is 6.54 Å². The van der Waals surface area contributed by atoms with Gasteiger partial charge in [-0.15, -0.1) is 35.3 Å². The molecule has 0 amide bonds. The number of guanidine groups is 1. The molecule has 0 unspecified atom stereocenters. The van der Waals surface area contributed by atoms with Gasteiger partial charge in [-0.3, -0.25) is 0 Å². The van der Waals surface area contributed by atoms with Crippen molar-refractivity contribution in [1.29, 1.82) is 0 Å². The predicted molar refractivity (Wildman–Crippen MR) is 118 cm³/mol. The highest BCUT2D eigenvalue weighted by molar-refractivity contribution is 14.0. The lowest BCUT2D eigenvalue weighted by Crippen LogP contribution is -2.36. The van der Waals surface area contributed by atoms with Crippen molar-refractivity contribution >= 4 is 41.3 Å². The van der Waals surface area contributed by atoms with Gasteiger partial charge in [0.1, 0.15) is 6.26 Å². The van der Waals surface area contributed by atoms with Crippen LogP contribution in [0.1, 0.15) is 23.7 Å². The van der Waals surface area contributed by atoms with E-state index in [1.807, 2.05) is 17.5 Å². The van der Waals surface area contributed by atoms with Gasteiger partial charge in [-0.25, -0.2) is 9.98 Å². The van der Waals surface area contributed by atoms with Crippen molar-refractivity contribution in [1.82, 2.24) is 15.6 Å². The number of halogens is 1. The molecule has 3 rings (SSSR count). The number of aromatic nitrogens is 1. The van der Waals surface area contributed by atoms with E-state index >= 15 is 0 Å². The minimum atomic E-state index is 0. The zero-order valence-corrected chi connectivity index (χ0v) is 18.0. The Morgan fingerprint density at radius 1 is 1.23 bits per heavy atom. The summed E-state index contributed by atoms with van der Waals surface area (Å²) in [5.41, 5.74) is 3.29. The Balaban J connectivity index is 0.00000243. The molecule has 138 valence electrons. The molecule has 0 aliphatic rings. The summed E-state index contributed by atoms with van der Waals surface area (Å²) in [5.74, 6) is 1.43. The molecule has 2 aromatic heterocycles. The highest BCUT2D eigenvalue weighted by Crippen LogP contribution is 2.23. The molecule has 0 aliphatic heterocycles. The van der Waals surface area contributed by atoms with Gasteiger partial charge < -0.3 is 15.1 Å². The molecule has 7 heteroatoms. The van der Waals surface area contributed by atoms with Crippen LogP contribution in [0.2, 0.25) is 0 Å². The summed E-state index contributed by atoms with van der Waals surface area (Å²) in [6.07, 6.45) is 1.69. The summed E-state index contributed by atoms with van der Waals surface area (Å²) in [4.78, 5) is 10.2. The number of nitrogens with one attached hydrogen (secondary N) is 2. The molecule has 0 aliphatic carbocycles. The maximum absolute atomic E-state index is 5.54. The van der Waals surface area contributed by atoms with Gasteiger partial charge in [-0.05, 0) is 30.9 Å². The van der Waals surface area contributed by atoms with Crippen LogP contribution in [0.4, 0.5) is 0 Å². The summed E-state index contributed by atoms with van der Waals surface area (Å²) in [7, 11) is 0. The largest absolute Gasteiger partial charge is 0.443 e. The monoisotopic (exact) mass is 482 g/mol. The molecule has 1 aromatic carbocycles. The van der Waals surface area contributed by atoms with Crippen molar-refractivity contribution < 1.29 is 4.42 Å². The van der Waals surface area contributed by atoms with Crippen LogP contribution in [-0.4, -0.2) is 17.5 Å². The summed E-state index contributed by atoms with van der Waals surface area (Å²) >= 11 is 1.62. The van der Waals surface area contributed by atoms with Crippen molar-refractivity contribution in [2.24, 2.45) is 4.99 Å². The molecule has 0 atom stereocenters. The van der Waals surface area contributed by atoms with Crippen LogP contribution in [0.25, 0.3) is 10.8 Å². The Morgan fingerprint density at radius 3 is 2.85 bits per heavy atom. The smallest absolute Gasteiger partial charge is 0.236 e. The lowest BCUT2D eigenvalue weighted by molar-refractivity contribution is 0.573. The number of thiophene rings is 1. The third-order valence-electron chi connectivity index (χ3n) is 3.57. The Labute approximate surface area is 175 Å². The van der Waals surface area contributed by atoms with Crippen molar-refractivity contribution in [2.45, 2.75) is 26.9 Å². The highest BCUT2D eigenvalue weighted by atomic mass is 127. The fraction of sp³-hybridized carbons (Fsp3) is 0.263. The van der Waals surface area contributed by atoms with Crippen molar-refractivity contribution in [2.75, 3.05) is 6.54 Å². The van der Waals surface area contributed by atoms with E-state index in [4.69, 9.17) is 4.42 Å². The molecule has 0 radical (unpaired) electrons. The summed E-state index contributed by atoms with van der Waals surface area (Å²) in [5, 5.41) is 8.57. The van der Waals surface area contributed by atoms with Crippen molar-refractivity contribution in [3.05, 3.63) is 64.9 Å². The molecule has 2 N–H and O–H groups in total. The molecule has 3 aromatic rings. The topological polar surface area (TPSA) is 62.5 Å². The molecule has 5 nitrogen and oxygen atoms in total. The van der Waals surface area contributed by atoms with Gasteiger partial charge >= 0.3 is 0 Å². The fourth-order valence-electron chi connectivity index (χ4n) is 2.40. The van der Waals surface area contributed by atoms with Crippen LogP contribution >= 0.6 is 35.3 Å². The molecular formula is C19H23IN4OS. The number of rotatable bonds is 6. The molecular weight excluding hydrogens is 459 g/mol. The number of benzene rings is 1. The second-order valence-electron chi connectivity index (χ2n) is 5.66. The molecule has 0 spiro atoms. The lowest BCUT2D eigenvalue weighted by Gasteiger charge is -2.10. The van der Waals surface area contributed by atoms with E-state index in [1.165, 1.54) is 11.1 Å². The standard InChI is InChI=1S/C19H22N4OS.HI/c1-3-20-19(21-11-15-7-4-6-14(2)10-15)22-12-16-13-24-18(23-16)17-8-5-9-25-17;/h4-10,13H,3,11-12H2,1-2H3,(H2,20,21,22);1H. The summed E-state index contributed by atoms with van der Waals surface area (Å²) in [6, 6.07) is 12.4.